The van der Waals surface area contributed by atoms with Crippen LogP contribution in [0.3, 0.4) is 0 Å². The fourth-order valence-electron chi connectivity index (χ4n) is 2.32. The van der Waals surface area contributed by atoms with Gasteiger partial charge in [0.15, 0.2) is 12.2 Å². The molecule has 4 nitrogen and oxygen atoms in total. The zero-order chi connectivity index (χ0) is 13.2. The number of ether oxygens (including phenoxy) is 1. The molecule has 4 heteroatoms. The number of carbonyl (C=O) groups is 1. The van der Waals surface area contributed by atoms with Gasteiger partial charge in [0, 0.05) is 6.42 Å². The SMILES string of the molecule is C[N+]1(C)CCC(OC(=O)C(O)c2ccccc2)C1. The molecule has 1 heterocycles. The number of esters is 1. The van der Waals surface area contributed by atoms with Gasteiger partial charge in [-0.2, -0.15) is 0 Å². The van der Waals surface area contributed by atoms with E-state index < -0.39 is 12.1 Å². The summed E-state index contributed by atoms with van der Waals surface area (Å²) in [5, 5.41) is 9.90. The van der Waals surface area contributed by atoms with Gasteiger partial charge in [-0.25, -0.2) is 4.79 Å². The minimum atomic E-state index is -1.18. The maximum Gasteiger partial charge on any atom is 0.340 e. The number of aliphatic hydroxyl groups excluding tert-OH is 1. The molecule has 1 saturated heterocycles. The smallest absolute Gasteiger partial charge is 0.340 e. The third-order valence-electron chi connectivity index (χ3n) is 3.38. The van der Waals surface area contributed by atoms with Gasteiger partial charge in [0.1, 0.15) is 6.54 Å². The van der Waals surface area contributed by atoms with Crippen molar-refractivity contribution in [2.45, 2.75) is 18.6 Å². The topological polar surface area (TPSA) is 46.5 Å². The molecule has 0 aromatic heterocycles. The zero-order valence-corrected chi connectivity index (χ0v) is 10.9. The third-order valence-corrected chi connectivity index (χ3v) is 3.38. The van der Waals surface area contributed by atoms with Crippen LogP contribution in [0.25, 0.3) is 0 Å². The number of nitrogens with zero attached hydrogens (tertiary/aromatic N) is 1. The standard InChI is InChI=1S/C14H20NO3/c1-15(2)9-8-12(10-15)18-14(17)13(16)11-6-4-3-5-7-11/h3-7,12-13,16H,8-10H2,1-2H3/q+1. The van der Waals surface area contributed by atoms with Gasteiger partial charge in [-0.15, -0.1) is 0 Å². The normalized spacial score (nSPS) is 23.6. The summed E-state index contributed by atoms with van der Waals surface area (Å²) >= 11 is 0. The molecule has 0 radical (unpaired) electrons. The van der Waals surface area contributed by atoms with E-state index in [1.165, 1.54) is 0 Å². The van der Waals surface area contributed by atoms with Crippen LogP contribution in [0.4, 0.5) is 0 Å². The van der Waals surface area contributed by atoms with E-state index in [0.717, 1.165) is 24.0 Å². The van der Waals surface area contributed by atoms with Crippen LogP contribution in [0.5, 0.6) is 0 Å². The number of likely N-dealkylation sites (N-methyl/N-ethyl adjacent to an activating group) is 1. The molecule has 1 aromatic carbocycles. The highest BCUT2D eigenvalue weighted by Crippen LogP contribution is 2.20. The molecule has 1 aliphatic rings. The molecule has 2 unspecified atom stereocenters. The minimum Gasteiger partial charge on any atom is -0.454 e. The van der Waals surface area contributed by atoms with Crippen molar-refractivity contribution in [2.75, 3.05) is 27.2 Å². The molecule has 0 spiro atoms. The number of hydrogen-bond acceptors (Lipinski definition) is 3. The summed E-state index contributed by atoms with van der Waals surface area (Å²) in [5.41, 5.74) is 0.578. The Morgan fingerprint density at radius 2 is 2.06 bits per heavy atom. The van der Waals surface area contributed by atoms with Gasteiger partial charge in [0.05, 0.1) is 20.6 Å². The van der Waals surface area contributed by atoms with Gasteiger partial charge in [-0.1, -0.05) is 30.3 Å². The Balaban J connectivity index is 1.93. The van der Waals surface area contributed by atoms with Crippen molar-refractivity contribution in [1.82, 2.24) is 0 Å². The molecule has 18 heavy (non-hydrogen) atoms. The van der Waals surface area contributed by atoms with E-state index in [1.54, 1.807) is 24.3 Å². The second-order valence-corrected chi connectivity index (χ2v) is 5.50. The summed E-state index contributed by atoms with van der Waals surface area (Å²) in [4.78, 5) is 11.8. The average Bonchev–Trinajstić information content (AvgIpc) is 2.68. The summed E-state index contributed by atoms with van der Waals surface area (Å²) in [5.74, 6) is -0.548. The Kier molecular flexibility index (Phi) is 3.68. The first-order valence-corrected chi connectivity index (χ1v) is 6.23. The largest absolute Gasteiger partial charge is 0.454 e. The quantitative estimate of drug-likeness (QED) is 0.646. The lowest BCUT2D eigenvalue weighted by Gasteiger charge is -2.23. The monoisotopic (exact) mass is 250 g/mol. The number of carbonyl (C=O) groups excluding carboxylic acids is 1. The van der Waals surface area contributed by atoms with Crippen LogP contribution in [0.15, 0.2) is 30.3 Å². The van der Waals surface area contributed by atoms with Crippen molar-refractivity contribution < 1.29 is 19.1 Å². The molecule has 98 valence electrons. The Hall–Kier alpha value is -1.39. The molecule has 0 bridgehead atoms. The Morgan fingerprint density at radius 1 is 1.39 bits per heavy atom. The van der Waals surface area contributed by atoms with Gasteiger partial charge in [-0.3, -0.25) is 0 Å². The highest BCUT2D eigenvalue weighted by Gasteiger charge is 2.34. The summed E-state index contributed by atoms with van der Waals surface area (Å²) in [7, 11) is 4.23. The van der Waals surface area contributed by atoms with Crippen LogP contribution in [0.1, 0.15) is 18.1 Å². The van der Waals surface area contributed by atoms with Crippen molar-refractivity contribution in [3.8, 4) is 0 Å². The van der Waals surface area contributed by atoms with Gasteiger partial charge in [0.25, 0.3) is 0 Å². The summed E-state index contributed by atoms with van der Waals surface area (Å²) in [6, 6.07) is 8.88. The molecule has 1 N–H and O–H groups in total. The fourth-order valence-corrected chi connectivity index (χ4v) is 2.32. The van der Waals surface area contributed by atoms with Gasteiger partial charge in [0.2, 0.25) is 0 Å². The van der Waals surface area contributed by atoms with Crippen molar-refractivity contribution in [3.05, 3.63) is 35.9 Å². The molecule has 1 aliphatic heterocycles. The first kappa shape index (κ1) is 13.1. The fraction of sp³-hybridized carbons (Fsp3) is 0.500. The maximum atomic E-state index is 11.8. The lowest BCUT2D eigenvalue weighted by atomic mass is 10.1. The van der Waals surface area contributed by atoms with E-state index in [4.69, 9.17) is 4.74 Å². The number of benzene rings is 1. The number of aliphatic hydroxyl groups is 1. The van der Waals surface area contributed by atoms with Gasteiger partial charge >= 0.3 is 5.97 Å². The molecule has 1 fully saturated rings. The second-order valence-electron chi connectivity index (χ2n) is 5.50. The second kappa shape index (κ2) is 5.08. The number of likely N-dealkylation sites (tertiary alicyclic amines) is 1. The Bertz CT molecular complexity index is 416. The molecular formula is C14H20NO3+. The van der Waals surface area contributed by atoms with Crippen LogP contribution < -0.4 is 0 Å². The minimum absolute atomic E-state index is 0.0779. The van der Waals surface area contributed by atoms with Gasteiger partial charge < -0.3 is 14.3 Å². The Morgan fingerprint density at radius 3 is 2.61 bits per heavy atom. The van der Waals surface area contributed by atoms with Crippen LogP contribution in [0.2, 0.25) is 0 Å². The van der Waals surface area contributed by atoms with Crippen LogP contribution in [-0.4, -0.2) is 48.8 Å². The summed E-state index contributed by atoms with van der Waals surface area (Å²) in [6.45, 7) is 1.81. The number of hydrogen-bond donors (Lipinski definition) is 1. The van der Waals surface area contributed by atoms with E-state index in [1.807, 2.05) is 6.07 Å². The van der Waals surface area contributed by atoms with Crippen LogP contribution in [-0.2, 0) is 9.53 Å². The van der Waals surface area contributed by atoms with Crippen molar-refractivity contribution in [3.63, 3.8) is 0 Å². The summed E-state index contributed by atoms with van der Waals surface area (Å²) < 4.78 is 6.22. The van der Waals surface area contributed by atoms with Crippen molar-refractivity contribution >= 4 is 5.97 Å². The van der Waals surface area contributed by atoms with Crippen LogP contribution in [0, 0.1) is 0 Å². The van der Waals surface area contributed by atoms with Crippen LogP contribution >= 0.6 is 0 Å². The predicted molar refractivity (Wildman–Crippen MR) is 67.7 cm³/mol. The Labute approximate surface area is 107 Å². The van der Waals surface area contributed by atoms with E-state index in [2.05, 4.69) is 14.1 Å². The predicted octanol–water partition coefficient (Wildman–Crippen LogP) is 1.11. The first-order chi connectivity index (χ1) is 8.48. The molecular weight excluding hydrogens is 230 g/mol. The van der Waals surface area contributed by atoms with Crippen molar-refractivity contribution in [2.24, 2.45) is 0 Å². The van der Waals surface area contributed by atoms with E-state index in [0.29, 0.717) is 5.56 Å². The average molecular weight is 250 g/mol. The maximum absolute atomic E-state index is 11.8. The molecule has 0 amide bonds. The molecule has 2 rings (SSSR count). The number of quaternary nitrogens is 1. The molecule has 2 atom stereocenters. The molecule has 1 aromatic rings. The van der Waals surface area contributed by atoms with E-state index >= 15 is 0 Å². The lowest BCUT2D eigenvalue weighted by Crippen LogP contribution is -2.38. The molecule has 0 aliphatic carbocycles. The molecule has 0 saturated carbocycles. The highest BCUT2D eigenvalue weighted by atomic mass is 16.6. The summed E-state index contributed by atoms with van der Waals surface area (Å²) in [6.07, 6.45) is -0.395. The number of rotatable bonds is 3. The highest BCUT2D eigenvalue weighted by molar-refractivity contribution is 5.76. The van der Waals surface area contributed by atoms with E-state index in [-0.39, 0.29) is 6.10 Å². The van der Waals surface area contributed by atoms with E-state index in [9.17, 15) is 9.90 Å². The zero-order valence-electron chi connectivity index (χ0n) is 10.9. The van der Waals surface area contributed by atoms with Crippen molar-refractivity contribution in [1.29, 1.82) is 0 Å². The van der Waals surface area contributed by atoms with Gasteiger partial charge in [-0.05, 0) is 5.56 Å². The lowest BCUT2D eigenvalue weighted by molar-refractivity contribution is -0.879. The first-order valence-electron chi connectivity index (χ1n) is 6.23. The third kappa shape index (κ3) is 3.09.